The SMILES string of the molecule is CNC(C(=O)NCc1ccc(F)cc1)C1CC1. The van der Waals surface area contributed by atoms with Crippen LogP contribution in [0.25, 0.3) is 0 Å². The van der Waals surface area contributed by atoms with Crippen LogP contribution in [0.1, 0.15) is 18.4 Å². The zero-order valence-electron chi connectivity index (χ0n) is 9.87. The second-order valence-electron chi connectivity index (χ2n) is 4.45. The first-order valence-electron chi connectivity index (χ1n) is 5.90. The number of nitrogens with one attached hydrogen (secondary N) is 2. The maximum absolute atomic E-state index is 12.7. The third-order valence-corrected chi connectivity index (χ3v) is 3.07. The topological polar surface area (TPSA) is 41.1 Å². The number of benzene rings is 1. The summed E-state index contributed by atoms with van der Waals surface area (Å²) in [7, 11) is 1.81. The van der Waals surface area contributed by atoms with Crippen LogP contribution >= 0.6 is 0 Å². The van der Waals surface area contributed by atoms with Crippen molar-refractivity contribution in [3.05, 3.63) is 35.6 Å². The monoisotopic (exact) mass is 236 g/mol. The van der Waals surface area contributed by atoms with Gasteiger partial charge >= 0.3 is 0 Å². The lowest BCUT2D eigenvalue weighted by molar-refractivity contribution is -0.123. The van der Waals surface area contributed by atoms with Crippen molar-refractivity contribution in [2.24, 2.45) is 5.92 Å². The maximum atomic E-state index is 12.7. The van der Waals surface area contributed by atoms with Crippen LogP contribution in [0.3, 0.4) is 0 Å². The van der Waals surface area contributed by atoms with Crippen molar-refractivity contribution in [3.8, 4) is 0 Å². The van der Waals surface area contributed by atoms with Crippen molar-refractivity contribution in [2.45, 2.75) is 25.4 Å². The molecule has 0 saturated heterocycles. The predicted octanol–water partition coefficient (Wildman–Crippen LogP) is 1.44. The molecule has 2 N–H and O–H groups in total. The third-order valence-electron chi connectivity index (χ3n) is 3.07. The van der Waals surface area contributed by atoms with Gasteiger partial charge in [-0.3, -0.25) is 4.79 Å². The lowest BCUT2D eigenvalue weighted by Crippen LogP contribution is -2.43. The molecule has 3 nitrogen and oxygen atoms in total. The van der Waals surface area contributed by atoms with Gasteiger partial charge in [0.05, 0.1) is 6.04 Å². The molecule has 1 amide bonds. The van der Waals surface area contributed by atoms with Gasteiger partial charge in [0.15, 0.2) is 0 Å². The summed E-state index contributed by atoms with van der Waals surface area (Å²) in [5.41, 5.74) is 0.908. The molecular formula is C13H17FN2O. The van der Waals surface area contributed by atoms with Crippen molar-refractivity contribution in [1.82, 2.24) is 10.6 Å². The van der Waals surface area contributed by atoms with E-state index in [9.17, 15) is 9.18 Å². The molecule has 2 rings (SSSR count). The highest BCUT2D eigenvalue weighted by Gasteiger charge is 2.34. The standard InChI is InChI=1S/C13H17FN2O/c1-15-12(10-4-5-10)13(17)16-8-9-2-6-11(14)7-3-9/h2-3,6-7,10,12,15H,4-5,8H2,1H3,(H,16,17). The first-order valence-corrected chi connectivity index (χ1v) is 5.90. The molecule has 0 aliphatic heterocycles. The second-order valence-corrected chi connectivity index (χ2v) is 4.45. The van der Waals surface area contributed by atoms with E-state index in [0.717, 1.165) is 18.4 Å². The summed E-state index contributed by atoms with van der Waals surface area (Å²) in [6.45, 7) is 0.448. The van der Waals surface area contributed by atoms with E-state index in [-0.39, 0.29) is 17.8 Å². The molecule has 4 heteroatoms. The number of hydrogen-bond donors (Lipinski definition) is 2. The van der Waals surface area contributed by atoms with Crippen LogP contribution in [-0.2, 0) is 11.3 Å². The van der Waals surface area contributed by atoms with Crippen LogP contribution in [0.2, 0.25) is 0 Å². The van der Waals surface area contributed by atoms with Crippen molar-refractivity contribution in [2.75, 3.05) is 7.05 Å². The molecule has 1 fully saturated rings. The number of rotatable bonds is 5. The quantitative estimate of drug-likeness (QED) is 0.812. The minimum atomic E-state index is -0.258. The van der Waals surface area contributed by atoms with Crippen LogP contribution in [0.5, 0.6) is 0 Å². The fourth-order valence-corrected chi connectivity index (χ4v) is 1.91. The molecule has 1 aliphatic rings. The molecule has 1 unspecified atom stereocenters. The van der Waals surface area contributed by atoms with Crippen LogP contribution in [-0.4, -0.2) is 19.0 Å². The Labute approximate surface area is 100 Å². The van der Waals surface area contributed by atoms with Gasteiger partial charge in [-0.15, -0.1) is 0 Å². The summed E-state index contributed by atoms with van der Waals surface area (Å²) >= 11 is 0. The third kappa shape index (κ3) is 3.27. The average Bonchev–Trinajstić information content (AvgIpc) is 3.14. The number of carbonyl (C=O) groups excluding carboxylic acids is 1. The average molecular weight is 236 g/mol. The summed E-state index contributed by atoms with van der Waals surface area (Å²) in [5.74, 6) is 0.249. The Morgan fingerprint density at radius 2 is 2.06 bits per heavy atom. The largest absolute Gasteiger partial charge is 0.351 e. The van der Waals surface area contributed by atoms with Gasteiger partial charge in [0, 0.05) is 6.54 Å². The van der Waals surface area contributed by atoms with Gasteiger partial charge in [-0.1, -0.05) is 12.1 Å². The number of likely N-dealkylation sites (N-methyl/N-ethyl adjacent to an activating group) is 1. The minimum absolute atomic E-state index is 0.0272. The Morgan fingerprint density at radius 1 is 1.41 bits per heavy atom. The lowest BCUT2D eigenvalue weighted by atomic mass is 10.1. The lowest BCUT2D eigenvalue weighted by Gasteiger charge is -2.15. The molecule has 1 saturated carbocycles. The minimum Gasteiger partial charge on any atom is -0.351 e. The Kier molecular flexibility index (Phi) is 3.74. The van der Waals surface area contributed by atoms with E-state index in [1.165, 1.54) is 12.1 Å². The second kappa shape index (κ2) is 5.27. The van der Waals surface area contributed by atoms with E-state index in [1.807, 2.05) is 0 Å². The van der Waals surface area contributed by atoms with Crippen LogP contribution in [0.15, 0.2) is 24.3 Å². The molecule has 1 atom stereocenters. The van der Waals surface area contributed by atoms with Crippen LogP contribution in [0.4, 0.5) is 4.39 Å². The van der Waals surface area contributed by atoms with Crippen LogP contribution in [0, 0.1) is 11.7 Å². The molecule has 1 aromatic rings. The molecular weight excluding hydrogens is 219 g/mol. The van der Waals surface area contributed by atoms with Gasteiger partial charge < -0.3 is 10.6 Å². The highest BCUT2D eigenvalue weighted by atomic mass is 19.1. The van der Waals surface area contributed by atoms with Gasteiger partial charge in [0.2, 0.25) is 5.91 Å². The fourth-order valence-electron chi connectivity index (χ4n) is 1.91. The van der Waals surface area contributed by atoms with Crippen LogP contribution < -0.4 is 10.6 Å². The summed E-state index contributed by atoms with van der Waals surface area (Å²) in [5, 5.41) is 5.90. The number of carbonyl (C=O) groups is 1. The van der Waals surface area contributed by atoms with Gasteiger partial charge in [0.25, 0.3) is 0 Å². The highest BCUT2D eigenvalue weighted by Crippen LogP contribution is 2.32. The van der Waals surface area contributed by atoms with E-state index < -0.39 is 0 Å². The normalized spacial score (nSPS) is 16.6. The summed E-state index contributed by atoms with van der Waals surface area (Å²) in [6, 6.07) is 6.08. The molecule has 1 aromatic carbocycles. The Balaban J connectivity index is 1.84. The summed E-state index contributed by atoms with van der Waals surface area (Å²) in [6.07, 6.45) is 2.24. The molecule has 92 valence electrons. The molecule has 0 aromatic heterocycles. The predicted molar refractivity (Wildman–Crippen MR) is 63.8 cm³/mol. The Bertz CT molecular complexity index is 387. The number of hydrogen-bond acceptors (Lipinski definition) is 2. The van der Waals surface area contributed by atoms with E-state index in [0.29, 0.717) is 12.5 Å². The maximum Gasteiger partial charge on any atom is 0.237 e. The number of amides is 1. The van der Waals surface area contributed by atoms with E-state index in [2.05, 4.69) is 10.6 Å². The Morgan fingerprint density at radius 3 is 2.59 bits per heavy atom. The first kappa shape index (κ1) is 12.0. The molecule has 0 spiro atoms. The Hall–Kier alpha value is -1.42. The first-order chi connectivity index (χ1) is 8.20. The van der Waals surface area contributed by atoms with Gasteiger partial charge in [0.1, 0.15) is 5.82 Å². The molecule has 0 radical (unpaired) electrons. The van der Waals surface area contributed by atoms with Gasteiger partial charge in [-0.25, -0.2) is 4.39 Å². The smallest absolute Gasteiger partial charge is 0.237 e. The van der Waals surface area contributed by atoms with Crippen molar-refractivity contribution >= 4 is 5.91 Å². The van der Waals surface area contributed by atoms with E-state index in [1.54, 1.807) is 19.2 Å². The van der Waals surface area contributed by atoms with E-state index in [4.69, 9.17) is 0 Å². The summed E-state index contributed by atoms with van der Waals surface area (Å²) < 4.78 is 12.7. The molecule has 0 bridgehead atoms. The zero-order valence-corrected chi connectivity index (χ0v) is 9.87. The summed E-state index contributed by atoms with van der Waals surface area (Å²) in [4.78, 5) is 11.8. The van der Waals surface area contributed by atoms with E-state index >= 15 is 0 Å². The van der Waals surface area contributed by atoms with Crippen molar-refractivity contribution in [1.29, 1.82) is 0 Å². The fraction of sp³-hybridized carbons (Fsp3) is 0.462. The van der Waals surface area contributed by atoms with Gasteiger partial charge in [-0.2, -0.15) is 0 Å². The van der Waals surface area contributed by atoms with Crippen molar-refractivity contribution in [3.63, 3.8) is 0 Å². The molecule has 0 heterocycles. The zero-order chi connectivity index (χ0) is 12.3. The molecule has 17 heavy (non-hydrogen) atoms. The molecule has 1 aliphatic carbocycles. The van der Waals surface area contributed by atoms with Gasteiger partial charge in [-0.05, 0) is 43.5 Å². The highest BCUT2D eigenvalue weighted by molar-refractivity contribution is 5.82. The van der Waals surface area contributed by atoms with Crippen molar-refractivity contribution < 1.29 is 9.18 Å². The number of halogens is 1.